The van der Waals surface area contributed by atoms with Gasteiger partial charge in [-0.1, -0.05) is 0 Å². The maximum atomic E-state index is 12.5. The molecule has 2 aliphatic rings. The average molecular weight is 369 g/mol. The number of anilines is 1. The van der Waals surface area contributed by atoms with E-state index in [-0.39, 0.29) is 12.0 Å². The summed E-state index contributed by atoms with van der Waals surface area (Å²) >= 11 is 0. The molecule has 8 heteroatoms. The maximum Gasteiger partial charge on any atom is 0.257 e. The van der Waals surface area contributed by atoms with Gasteiger partial charge in [0, 0.05) is 50.8 Å². The lowest BCUT2D eigenvalue weighted by molar-refractivity contribution is -0.129. The molecule has 0 saturated carbocycles. The fraction of sp³-hybridized carbons (Fsp3) is 0.474. The second-order valence-electron chi connectivity index (χ2n) is 6.69. The van der Waals surface area contributed by atoms with Crippen LogP contribution in [0.4, 0.5) is 5.82 Å². The summed E-state index contributed by atoms with van der Waals surface area (Å²) in [6, 6.07) is 3.74. The largest absolute Gasteiger partial charge is 0.470 e. The zero-order valence-electron chi connectivity index (χ0n) is 15.2. The SMILES string of the molecule is O=C(Cc1ccncc1)N1CCC(Oc2nccnc2N2CCOCC2)C1. The van der Waals surface area contributed by atoms with E-state index in [0.717, 1.165) is 30.9 Å². The molecule has 4 rings (SSSR count). The Morgan fingerprint density at radius 3 is 2.70 bits per heavy atom. The van der Waals surface area contributed by atoms with Crippen molar-refractivity contribution in [3.8, 4) is 5.88 Å². The van der Waals surface area contributed by atoms with Crippen molar-refractivity contribution in [2.24, 2.45) is 0 Å². The number of hydrogen-bond acceptors (Lipinski definition) is 7. The van der Waals surface area contributed by atoms with Gasteiger partial charge < -0.3 is 19.3 Å². The summed E-state index contributed by atoms with van der Waals surface area (Å²) in [7, 11) is 0. The van der Waals surface area contributed by atoms with Gasteiger partial charge in [-0.15, -0.1) is 0 Å². The average Bonchev–Trinajstić information content (AvgIpc) is 3.19. The van der Waals surface area contributed by atoms with E-state index in [4.69, 9.17) is 9.47 Å². The Balaban J connectivity index is 1.37. The number of likely N-dealkylation sites (tertiary alicyclic amines) is 1. The Morgan fingerprint density at radius 2 is 1.89 bits per heavy atom. The van der Waals surface area contributed by atoms with E-state index < -0.39 is 0 Å². The lowest BCUT2D eigenvalue weighted by Crippen LogP contribution is -2.37. The lowest BCUT2D eigenvalue weighted by atomic mass is 10.2. The number of pyridine rings is 1. The second-order valence-corrected chi connectivity index (χ2v) is 6.69. The van der Waals surface area contributed by atoms with Crippen molar-refractivity contribution < 1.29 is 14.3 Å². The minimum atomic E-state index is -0.0668. The first kappa shape index (κ1) is 17.7. The van der Waals surface area contributed by atoms with Crippen LogP contribution in [0, 0.1) is 0 Å². The number of morpholine rings is 1. The number of ether oxygens (including phenoxy) is 2. The molecule has 8 nitrogen and oxygen atoms in total. The predicted octanol–water partition coefficient (Wildman–Crippen LogP) is 0.931. The van der Waals surface area contributed by atoms with Gasteiger partial charge >= 0.3 is 0 Å². The van der Waals surface area contributed by atoms with Crippen LogP contribution in [0.5, 0.6) is 5.88 Å². The molecule has 0 bridgehead atoms. The first-order valence-electron chi connectivity index (χ1n) is 9.26. The van der Waals surface area contributed by atoms with Crippen molar-refractivity contribution in [2.75, 3.05) is 44.3 Å². The van der Waals surface area contributed by atoms with Gasteiger partial charge in [-0.2, -0.15) is 0 Å². The number of carbonyl (C=O) groups is 1. The van der Waals surface area contributed by atoms with Gasteiger partial charge in [0.1, 0.15) is 6.10 Å². The molecule has 2 aromatic rings. The number of hydrogen-bond donors (Lipinski definition) is 0. The lowest BCUT2D eigenvalue weighted by Gasteiger charge is -2.29. The quantitative estimate of drug-likeness (QED) is 0.776. The van der Waals surface area contributed by atoms with E-state index >= 15 is 0 Å². The third-order valence-electron chi connectivity index (χ3n) is 4.84. The summed E-state index contributed by atoms with van der Waals surface area (Å²) in [4.78, 5) is 29.3. The van der Waals surface area contributed by atoms with Gasteiger partial charge in [0.2, 0.25) is 5.91 Å². The van der Waals surface area contributed by atoms with Crippen molar-refractivity contribution in [1.29, 1.82) is 0 Å². The van der Waals surface area contributed by atoms with Crippen molar-refractivity contribution in [3.05, 3.63) is 42.5 Å². The molecule has 0 aromatic carbocycles. The highest BCUT2D eigenvalue weighted by Crippen LogP contribution is 2.26. The minimum Gasteiger partial charge on any atom is -0.470 e. The molecule has 2 aliphatic heterocycles. The Labute approximate surface area is 158 Å². The van der Waals surface area contributed by atoms with Crippen LogP contribution < -0.4 is 9.64 Å². The number of nitrogens with zero attached hydrogens (tertiary/aromatic N) is 5. The van der Waals surface area contributed by atoms with E-state index in [0.29, 0.717) is 38.6 Å². The second kappa shape index (κ2) is 8.30. The Morgan fingerprint density at radius 1 is 1.11 bits per heavy atom. The van der Waals surface area contributed by atoms with Crippen molar-refractivity contribution >= 4 is 11.7 Å². The normalized spacial score (nSPS) is 19.9. The third kappa shape index (κ3) is 4.33. The summed E-state index contributed by atoms with van der Waals surface area (Å²) in [5.74, 6) is 1.40. The molecule has 27 heavy (non-hydrogen) atoms. The molecule has 0 N–H and O–H groups in total. The fourth-order valence-electron chi connectivity index (χ4n) is 3.39. The molecule has 2 saturated heterocycles. The fourth-order valence-corrected chi connectivity index (χ4v) is 3.39. The van der Waals surface area contributed by atoms with Crippen molar-refractivity contribution in [3.63, 3.8) is 0 Å². The van der Waals surface area contributed by atoms with E-state index in [1.165, 1.54) is 0 Å². The predicted molar refractivity (Wildman–Crippen MR) is 98.6 cm³/mol. The van der Waals surface area contributed by atoms with Crippen LogP contribution in [-0.4, -0.2) is 71.3 Å². The molecule has 1 atom stereocenters. The van der Waals surface area contributed by atoms with Crippen LogP contribution in [0.3, 0.4) is 0 Å². The van der Waals surface area contributed by atoms with Crippen LogP contribution in [0.25, 0.3) is 0 Å². The molecule has 0 radical (unpaired) electrons. The third-order valence-corrected chi connectivity index (χ3v) is 4.84. The van der Waals surface area contributed by atoms with Gasteiger partial charge in [0.25, 0.3) is 5.88 Å². The smallest absolute Gasteiger partial charge is 0.257 e. The van der Waals surface area contributed by atoms with Crippen molar-refractivity contribution in [2.45, 2.75) is 18.9 Å². The highest BCUT2D eigenvalue weighted by Gasteiger charge is 2.29. The van der Waals surface area contributed by atoms with E-state index in [1.807, 2.05) is 17.0 Å². The van der Waals surface area contributed by atoms with Crippen molar-refractivity contribution in [1.82, 2.24) is 19.9 Å². The van der Waals surface area contributed by atoms with E-state index in [2.05, 4.69) is 19.9 Å². The van der Waals surface area contributed by atoms with Crippen LogP contribution in [0.15, 0.2) is 36.9 Å². The monoisotopic (exact) mass is 369 g/mol. The van der Waals surface area contributed by atoms with Gasteiger partial charge in [-0.05, 0) is 17.7 Å². The molecule has 142 valence electrons. The molecule has 1 amide bonds. The molecule has 0 aliphatic carbocycles. The summed E-state index contributed by atoms with van der Waals surface area (Å²) in [6.45, 7) is 4.17. The molecule has 4 heterocycles. The Bertz CT molecular complexity index is 767. The van der Waals surface area contributed by atoms with E-state index in [9.17, 15) is 4.79 Å². The number of amides is 1. The first-order valence-corrected chi connectivity index (χ1v) is 9.26. The molecule has 2 fully saturated rings. The van der Waals surface area contributed by atoms with Crippen LogP contribution in [-0.2, 0) is 16.0 Å². The summed E-state index contributed by atoms with van der Waals surface area (Å²) < 4.78 is 11.5. The Hall–Kier alpha value is -2.74. The van der Waals surface area contributed by atoms with Crippen LogP contribution in [0.2, 0.25) is 0 Å². The summed E-state index contributed by atoms with van der Waals surface area (Å²) in [5, 5.41) is 0. The zero-order valence-corrected chi connectivity index (χ0v) is 15.2. The standard InChI is InChI=1S/C19H23N5O3/c25-17(13-15-1-4-20-5-2-15)24-8-3-16(14-24)27-19-18(21-6-7-22-19)23-9-11-26-12-10-23/h1-2,4-7,16H,3,8-14H2. The van der Waals surface area contributed by atoms with Gasteiger partial charge in [-0.3, -0.25) is 9.78 Å². The summed E-state index contributed by atoms with van der Waals surface area (Å²) in [6.07, 6.45) is 7.85. The number of rotatable bonds is 5. The van der Waals surface area contributed by atoms with Gasteiger partial charge in [0.15, 0.2) is 5.82 Å². The van der Waals surface area contributed by atoms with Crippen LogP contribution in [0.1, 0.15) is 12.0 Å². The maximum absolute atomic E-state index is 12.5. The van der Waals surface area contributed by atoms with Crippen LogP contribution >= 0.6 is 0 Å². The first-order chi connectivity index (χ1) is 13.3. The van der Waals surface area contributed by atoms with E-state index in [1.54, 1.807) is 24.8 Å². The van der Waals surface area contributed by atoms with Gasteiger partial charge in [0.05, 0.1) is 26.2 Å². The molecule has 0 spiro atoms. The molecule has 1 unspecified atom stereocenters. The molecule has 2 aromatic heterocycles. The minimum absolute atomic E-state index is 0.0668. The number of aromatic nitrogens is 3. The Kier molecular flexibility index (Phi) is 5.43. The van der Waals surface area contributed by atoms with Gasteiger partial charge in [-0.25, -0.2) is 9.97 Å². The molecular formula is C19H23N5O3. The zero-order chi connectivity index (χ0) is 18.5. The highest BCUT2D eigenvalue weighted by atomic mass is 16.5. The topological polar surface area (TPSA) is 80.7 Å². The highest BCUT2D eigenvalue weighted by molar-refractivity contribution is 5.79. The molecular weight excluding hydrogens is 346 g/mol. The number of carbonyl (C=O) groups excluding carboxylic acids is 1. The summed E-state index contributed by atoms with van der Waals surface area (Å²) in [5.41, 5.74) is 0.975.